The van der Waals surface area contributed by atoms with E-state index in [0.717, 1.165) is 25.9 Å². The highest BCUT2D eigenvalue weighted by Gasteiger charge is 2.37. The highest BCUT2D eigenvalue weighted by Crippen LogP contribution is 2.26. The van der Waals surface area contributed by atoms with E-state index in [4.69, 9.17) is 0 Å². The van der Waals surface area contributed by atoms with Crippen LogP contribution in [-0.2, 0) is 29.7 Å². The molecule has 0 aliphatic carbocycles. The minimum absolute atomic E-state index is 0.0131. The van der Waals surface area contributed by atoms with Crippen molar-refractivity contribution in [3.63, 3.8) is 0 Å². The van der Waals surface area contributed by atoms with E-state index < -0.39 is 0 Å². The van der Waals surface area contributed by atoms with Gasteiger partial charge in [-0.1, -0.05) is 0 Å². The van der Waals surface area contributed by atoms with E-state index in [1.807, 2.05) is 4.90 Å². The summed E-state index contributed by atoms with van der Waals surface area (Å²) < 4.78 is 1.53. The third kappa shape index (κ3) is 3.26. The standard InChI is InChI=1S/C19H27N5O3/c1-12-21-16-11-24(10-15(16)19(27)22(12)2)18(26)14-7-13(8-20-9-14)17(25)23-5-3-4-6-23/h13-14,20H,3-11H2,1-2H3/t13-,14-/m1/s1. The number of piperidine rings is 1. The molecule has 0 saturated carbocycles. The number of nitrogens with zero attached hydrogens (tertiary/aromatic N) is 4. The minimum atomic E-state index is -0.227. The van der Waals surface area contributed by atoms with Crippen LogP contribution in [0.5, 0.6) is 0 Å². The number of rotatable bonds is 2. The number of nitrogens with one attached hydrogen (secondary N) is 1. The summed E-state index contributed by atoms with van der Waals surface area (Å²) in [6.45, 7) is 5.39. The average Bonchev–Trinajstić information content (AvgIpc) is 3.35. The fourth-order valence-electron chi connectivity index (χ4n) is 4.46. The fourth-order valence-corrected chi connectivity index (χ4v) is 4.46. The van der Waals surface area contributed by atoms with Gasteiger partial charge in [0.1, 0.15) is 5.82 Å². The highest BCUT2D eigenvalue weighted by atomic mass is 16.2. The van der Waals surface area contributed by atoms with Crippen LogP contribution in [0.25, 0.3) is 0 Å². The average molecular weight is 373 g/mol. The molecule has 2 amide bonds. The Bertz CT molecular complexity index is 827. The number of carbonyl (C=O) groups excluding carboxylic acids is 2. The van der Waals surface area contributed by atoms with Gasteiger partial charge >= 0.3 is 0 Å². The first kappa shape index (κ1) is 18.2. The third-order valence-electron chi connectivity index (χ3n) is 6.16. The summed E-state index contributed by atoms with van der Waals surface area (Å²) in [5.41, 5.74) is 1.25. The van der Waals surface area contributed by atoms with Crippen molar-refractivity contribution >= 4 is 11.8 Å². The Labute approximate surface area is 158 Å². The predicted molar refractivity (Wildman–Crippen MR) is 98.7 cm³/mol. The molecular formula is C19H27N5O3. The van der Waals surface area contributed by atoms with Gasteiger partial charge < -0.3 is 15.1 Å². The van der Waals surface area contributed by atoms with E-state index in [1.54, 1.807) is 18.9 Å². The van der Waals surface area contributed by atoms with Gasteiger partial charge in [-0.15, -0.1) is 0 Å². The Morgan fingerprint density at radius 3 is 2.33 bits per heavy atom. The summed E-state index contributed by atoms with van der Waals surface area (Å²) in [7, 11) is 1.70. The lowest BCUT2D eigenvalue weighted by molar-refractivity contribution is -0.140. The van der Waals surface area contributed by atoms with Gasteiger partial charge in [0.15, 0.2) is 0 Å². The Morgan fingerprint density at radius 1 is 1.04 bits per heavy atom. The molecule has 8 heteroatoms. The molecule has 4 rings (SSSR count). The molecule has 2 atom stereocenters. The summed E-state index contributed by atoms with van der Waals surface area (Å²) in [6, 6.07) is 0. The molecule has 8 nitrogen and oxygen atoms in total. The Morgan fingerprint density at radius 2 is 1.67 bits per heavy atom. The second-order valence-electron chi connectivity index (χ2n) is 7.96. The van der Waals surface area contributed by atoms with Gasteiger partial charge in [-0.25, -0.2) is 4.98 Å². The van der Waals surface area contributed by atoms with Crippen LogP contribution in [0.3, 0.4) is 0 Å². The smallest absolute Gasteiger partial charge is 0.258 e. The maximum Gasteiger partial charge on any atom is 0.258 e. The number of aromatic nitrogens is 2. The molecular weight excluding hydrogens is 346 g/mol. The summed E-state index contributed by atoms with van der Waals surface area (Å²) in [5.74, 6) is 0.481. The zero-order chi connectivity index (χ0) is 19.1. The van der Waals surface area contributed by atoms with Gasteiger partial charge in [0.2, 0.25) is 11.8 Å². The topological polar surface area (TPSA) is 87.5 Å². The molecule has 4 heterocycles. The summed E-state index contributed by atoms with van der Waals surface area (Å²) >= 11 is 0. The molecule has 0 unspecified atom stereocenters. The molecule has 2 saturated heterocycles. The summed E-state index contributed by atoms with van der Waals surface area (Å²) in [6.07, 6.45) is 2.72. The molecule has 0 aromatic carbocycles. The van der Waals surface area contributed by atoms with Crippen LogP contribution >= 0.6 is 0 Å². The molecule has 27 heavy (non-hydrogen) atoms. The number of fused-ring (bicyclic) bond motifs is 1. The largest absolute Gasteiger partial charge is 0.342 e. The van der Waals surface area contributed by atoms with Crippen molar-refractivity contribution < 1.29 is 9.59 Å². The van der Waals surface area contributed by atoms with Crippen molar-refractivity contribution in [1.29, 1.82) is 0 Å². The monoisotopic (exact) mass is 373 g/mol. The van der Waals surface area contributed by atoms with Crippen molar-refractivity contribution in [2.75, 3.05) is 26.2 Å². The molecule has 1 N–H and O–H groups in total. The second-order valence-corrected chi connectivity index (χ2v) is 7.96. The van der Waals surface area contributed by atoms with Gasteiger partial charge in [-0.05, 0) is 26.2 Å². The van der Waals surface area contributed by atoms with Crippen LogP contribution in [-0.4, -0.2) is 57.3 Å². The number of hydrogen-bond donors (Lipinski definition) is 1. The lowest BCUT2D eigenvalue weighted by Gasteiger charge is -2.32. The predicted octanol–water partition coefficient (Wildman–Crippen LogP) is -0.221. The Balaban J connectivity index is 1.44. The summed E-state index contributed by atoms with van der Waals surface area (Å²) in [4.78, 5) is 46.3. The second kappa shape index (κ2) is 7.07. The van der Waals surface area contributed by atoms with E-state index in [-0.39, 0.29) is 29.2 Å². The maximum atomic E-state index is 13.1. The van der Waals surface area contributed by atoms with Gasteiger partial charge in [0, 0.05) is 33.2 Å². The van der Waals surface area contributed by atoms with E-state index in [1.165, 1.54) is 4.57 Å². The lowest BCUT2D eigenvalue weighted by Crippen LogP contribution is -2.49. The number of hydrogen-bond acceptors (Lipinski definition) is 5. The van der Waals surface area contributed by atoms with Crippen molar-refractivity contribution in [1.82, 2.24) is 24.7 Å². The molecule has 3 aliphatic heterocycles. The number of amides is 2. The van der Waals surface area contributed by atoms with Crippen LogP contribution in [0, 0.1) is 18.8 Å². The quantitative estimate of drug-likeness (QED) is 0.774. The van der Waals surface area contributed by atoms with E-state index in [0.29, 0.717) is 49.7 Å². The van der Waals surface area contributed by atoms with Crippen molar-refractivity contribution in [2.45, 2.75) is 39.3 Å². The fraction of sp³-hybridized carbons (Fsp3) is 0.684. The molecule has 1 aromatic rings. The molecule has 1 aromatic heterocycles. The number of carbonyl (C=O) groups is 2. The summed E-state index contributed by atoms with van der Waals surface area (Å²) in [5, 5.41) is 3.27. The first-order valence-electron chi connectivity index (χ1n) is 9.79. The van der Waals surface area contributed by atoms with Crippen LogP contribution in [0.15, 0.2) is 4.79 Å². The highest BCUT2D eigenvalue weighted by molar-refractivity contribution is 5.83. The van der Waals surface area contributed by atoms with Crippen molar-refractivity contribution in [2.24, 2.45) is 18.9 Å². The molecule has 146 valence electrons. The van der Waals surface area contributed by atoms with Crippen LogP contribution < -0.4 is 10.9 Å². The maximum absolute atomic E-state index is 13.1. The molecule has 0 bridgehead atoms. The van der Waals surface area contributed by atoms with Gasteiger partial charge in [0.25, 0.3) is 5.56 Å². The van der Waals surface area contributed by atoms with Crippen molar-refractivity contribution in [3.8, 4) is 0 Å². The van der Waals surface area contributed by atoms with Crippen molar-refractivity contribution in [3.05, 3.63) is 27.4 Å². The van der Waals surface area contributed by atoms with Gasteiger partial charge in [-0.3, -0.25) is 19.0 Å². The van der Waals surface area contributed by atoms with E-state index in [9.17, 15) is 14.4 Å². The minimum Gasteiger partial charge on any atom is -0.342 e. The zero-order valence-corrected chi connectivity index (χ0v) is 16.0. The normalized spacial score (nSPS) is 25.0. The zero-order valence-electron chi connectivity index (χ0n) is 16.0. The third-order valence-corrected chi connectivity index (χ3v) is 6.16. The Hall–Kier alpha value is -2.22. The molecule has 0 radical (unpaired) electrons. The molecule has 0 spiro atoms. The first-order chi connectivity index (χ1) is 13.0. The molecule has 2 fully saturated rings. The Kier molecular flexibility index (Phi) is 4.75. The van der Waals surface area contributed by atoms with E-state index in [2.05, 4.69) is 10.3 Å². The lowest BCUT2D eigenvalue weighted by atomic mass is 9.88. The van der Waals surface area contributed by atoms with Crippen LogP contribution in [0.4, 0.5) is 0 Å². The SMILES string of the molecule is Cc1nc2c(c(=O)n1C)CN(C(=O)[C@H]1CNC[C@H](C(=O)N3CCCC3)C1)C2. The van der Waals surface area contributed by atoms with Gasteiger partial charge in [-0.2, -0.15) is 0 Å². The van der Waals surface area contributed by atoms with Crippen LogP contribution in [0.2, 0.25) is 0 Å². The number of likely N-dealkylation sites (tertiary alicyclic amines) is 1. The van der Waals surface area contributed by atoms with E-state index >= 15 is 0 Å². The molecule has 3 aliphatic rings. The number of aryl methyl sites for hydroxylation is 1. The van der Waals surface area contributed by atoms with Gasteiger partial charge in [0.05, 0.1) is 36.2 Å². The first-order valence-corrected chi connectivity index (χ1v) is 9.79. The van der Waals surface area contributed by atoms with Crippen LogP contribution in [0.1, 0.15) is 36.3 Å².